The number of imidazole rings is 1. The monoisotopic (exact) mass is 525 g/mol. The lowest BCUT2D eigenvalue weighted by Crippen LogP contribution is -2.26. The first-order chi connectivity index (χ1) is 17.6. The summed E-state index contributed by atoms with van der Waals surface area (Å²) < 4.78 is 51.6. The fourth-order valence-corrected chi connectivity index (χ4v) is 5.33. The van der Waals surface area contributed by atoms with E-state index >= 15 is 4.39 Å². The maximum atomic E-state index is 15.1. The van der Waals surface area contributed by atoms with Crippen LogP contribution in [-0.4, -0.2) is 53.2 Å². The normalized spacial score (nSPS) is 15.6. The molecule has 6 nitrogen and oxygen atoms in total. The Hall–Kier alpha value is -3.24. The molecule has 3 aromatic heterocycles. The van der Waals surface area contributed by atoms with Gasteiger partial charge in [-0.05, 0) is 24.2 Å². The molecule has 0 atom stereocenters. The van der Waals surface area contributed by atoms with Crippen molar-refractivity contribution in [2.75, 3.05) is 24.6 Å². The van der Waals surface area contributed by atoms with E-state index in [4.69, 9.17) is 9.72 Å². The van der Waals surface area contributed by atoms with Gasteiger partial charge in [-0.3, -0.25) is 9.55 Å². The second-order valence-electron chi connectivity index (χ2n) is 10.6. The summed E-state index contributed by atoms with van der Waals surface area (Å²) in [5.74, 6) is -2.41. The van der Waals surface area contributed by atoms with Gasteiger partial charge in [-0.25, -0.2) is 23.1 Å². The summed E-state index contributed by atoms with van der Waals surface area (Å²) in [6, 6.07) is 11.0. The van der Waals surface area contributed by atoms with Gasteiger partial charge >= 0.3 is 0 Å². The van der Waals surface area contributed by atoms with Gasteiger partial charge in [-0.2, -0.15) is 0 Å². The topological polar surface area (TPSA) is 56.1 Å². The van der Waals surface area contributed by atoms with E-state index < -0.39 is 26.4 Å². The molecule has 0 amide bonds. The van der Waals surface area contributed by atoms with Gasteiger partial charge < -0.3 is 9.64 Å². The summed E-state index contributed by atoms with van der Waals surface area (Å²) in [6.45, 7) is 7.35. The van der Waals surface area contributed by atoms with Crippen LogP contribution in [0.2, 0.25) is 25.7 Å². The third-order valence-electron chi connectivity index (χ3n) is 6.56. The van der Waals surface area contributed by atoms with Crippen LogP contribution in [0.1, 0.15) is 6.42 Å². The van der Waals surface area contributed by atoms with Crippen LogP contribution in [-0.2, 0) is 11.5 Å². The first-order valence-corrected chi connectivity index (χ1v) is 16.1. The molecule has 0 unspecified atom stereocenters. The van der Waals surface area contributed by atoms with E-state index in [9.17, 15) is 8.78 Å². The number of alkyl halides is 2. The van der Waals surface area contributed by atoms with Crippen LogP contribution in [0.15, 0.2) is 55.0 Å². The van der Waals surface area contributed by atoms with Crippen LogP contribution in [0.25, 0.3) is 33.5 Å². The minimum Gasteiger partial charge on any atom is -0.361 e. The number of nitrogens with zero attached hydrogens (tertiary/aromatic N) is 5. The van der Waals surface area contributed by atoms with E-state index in [1.54, 1.807) is 41.6 Å². The highest BCUT2D eigenvalue weighted by Gasteiger charge is 2.40. The molecule has 0 saturated carbocycles. The molecule has 1 fully saturated rings. The van der Waals surface area contributed by atoms with Crippen LogP contribution >= 0.6 is 0 Å². The van der Waals surface area contributed by atoms with Crippen molar-refractivity contribution in [2.45, 2.75) is 44.8 Å². The lowest BCUT2D eigenvalue weighted by atomic mass is 9.99. The van der Waals surface area contributed by atoms with E-state index in [1.165, 1.54) is 12.3 Å². The fourth-order valence-electron chi connectivity index (χ4n) is 4.57. The molecule has 0 spiro atoms. The summed E-state index contributed by atoms with van der Waals surface area (Å²) in [7, 11) is -1.30. The third-order valence-corrected chi connectivity index (χ3v) is 8.26. The Kier molecular flexibility index (Phi) is 6.80. The number of anilines is 1. The molecule has 4 aromatic rings. The van der Waals surface area contributed by atoms with Gasteiger partial charge in [0.1, 0.15) is 29.7 Å². The van der Waals surface area contributed by atoms with Crippen LogP contribution < -0.4 is 4.90 Å². The number of fused-ring (bicyclic) bond motifs is 1. The number of pyridine rings is 2. The van der Waals surface area contributed by atoms with Gasteiger partial charge in [0.25, 0.3) is 5.92 Å². The summed E-state index contributed by atoms with van der Waals surface area (Å²) in [5.41, 5.74) is 2.80. The van der Waals surface area contributed by atoms with Crippen molar-refractivity contribution in [1.82, 2.24) is 19.5 Å². The Morgan fingerprint density at radius 2 is 1.86 bits per heavy atom. The standard InChI is InChI=1S/C27H30F3N5OSi/c1-37(2,3)15-14-36-18-35-23-9-11-31-16-22(23)33-26(35)24-20(19-6-4-5-7-21(19)28)8-12-32-25(24)34-13-10-27(29,30)17-34/h4-9,11-12,16H,10,13-15,17-18H2,1-3H3. The molecule has 10 heteroatoms. The second kappa shape index (κ2) is 9.90. The summed E-state index contributed by atoms with van der Waals surface area (Å²) in [4.78, 5) is 15.1. The first kappa shape index (κ1) is 25.4. The lowest BCUT2D eigenvalue weighted by Gasteiger charge is -2.23. The Morgan fingerprint density at radius 1 is 1.05 bits per heavy atom. The van der Waals surface area contributed by atoms with Crippen LogP contribution in [0.4, 0.5) is 19.0 Å². The maximum Gasteiger partial charge on any atom is 0.266 e. The first-order valence-electron chi connectivity index (χ1n) is 12.4. The summed E-state index contributed by atoms with van der Waals surface area (Å²) in [5, 5.41) is 0. The van der Waals surface area contributed by atoms with Crippen LogP contribution in [0.3, 0.4) is 0 Å². The van der Waals surface area contributed by atoms with Gasteiger partial charge in [0.05, 0.1) is 23.8 Å². The molecule has 0 N–H and O–H groups in total. The number of aromatic nitrogens is 4. The molecular formula is C27H30F3N5OSi. The minimum absolute atomic E-state index is 0.141. The van der Waals surface area contributed by atoms with E-state index in [0.29, 0.717) is 40.5 Å². The molecule has 1 aliphatic heterocycles. The smallest absolute Gasteiger partial charge is 0.266 e. The van der Waals surface area contributed by atoms with E-state index in [-0.39, 0.29) is 19.7 Å². The van der Waals surface area contributed by atoms with Gasteiger partial charge in [0, 0.05) is 51.2 Å². The van der Waals surface area contributed by atoms with Crippen molar-refractivity contribution in [3.63, 3.8) is 0 Å². The number of hydrogen-bond acceptors (Lipinski definition) is 5. The SMILES string of the molecule is C[Si](C)(C)CCOCn1c(-c2c(-c3ccccc3F)ccnc2N2CCC(F)(F)C2)nc2cnccc21. The largest absolute Gasteiger partial charge is 0.361 e. The Balaban J connectivity index is 1.68. The number of halogens is 3. The Labute approximate surface area is 215 Å². The van der Waals surface area contributed by atoms with Crippen molar-refractivity contribution >= 4 is 24.9 Å². The molecule has 1 saturated heterocycles. The average molecular weight is 526 g/mol. The molecule has 0 bridgehead atoms. The average Bonchev–Trinajstić information content (AvgIpc) is 3.40. The van der Waals surface area contributed by atoms with E-state index in [2.05, 4.69) is 29.6 Å². The van der Waals surface area contributed by atoms with Crippen molar-refractivity contribution in [1.29, 1.82) is 0 Å². The zero-order chi connectivity index (χ0) is 26.2. The molecule has 37 heavy (non-hydrogen) atoms. The van der Waals surface area contributed by atoms with E-state index in [1.807, 2.05) is 10.6 Å². The Bertz CT molecular complexity index is 1420. The van der Waals surface area contributed by atoms with Gasteiger partial charge in [0.15, 0.2) is 0 Å². The van der Waals surface area contributed by atoms with Crippen LogP contribution in [0, 0.1) is 5.82 Å². The maximum absolute atomic E-state index is 15.1. The number of benzene rings is 1. The zero-order valence-electron chi connectivity index (χ0n) is 21.2. The van der Waals surface area contributed by atoms with Gasteiger partial charge in [-0.15, -0.1) is 0 Å². The number of rotatable bonds is 8. The highest BCUT2D eigenvalue weighted by molar-refractivity contribution is 6.76. The predicted molar refractivity (Wildman–Crippen MR) is 142 cm³/mol. The quantitative estimate of drug-likeness (QED) is 0.195. The molecule has 5 rings (SSSR count). The van der Waals surface area contributed by atoms with Gasteiger partial charge in [-0.1, -0.05) is 37.8 Å². The highest BCUT2D eigenvalue weighted by Crippen LogP contribution is 2.42. The van der Waals surface area contributed by atoms with Crippen molar-refractivity contribution in [3.8, 4) is 22.5 Å². The second-order valence-corrected chi connectivity index (χ2v) is 16.3. The zero-order valence-corrected chi connectivity index (χ0v) is 22.2. The predicted octanol–water partition coefficient (Wildman–Crippen LogP) is 6.46. The molecular weight excluding hydrogens is 495 g/mol. The minimum atomic E-state index is -2.82. The summed E-state index contributed by atoms with van der Waals surface area (Å²) in [6.07, 6.45) is 4.60. The number of hydrogen-bond donors (Lipinski definition) is 0. The molecule has 1 aliphatic rings. The fraction of sp³-hybridized carbons (Fsp3) is 0.370. The molecule has 0 aliphatic carbocycles. The third kappa shape index (κ3) is 5.40. The van der Waals surface area contributed by atoms with E-state index in [0.717, 1.165) is 11.6 Å². The van der Waals surface area contributed by atoms with Crippen molar-refractivity contribution in [2.24, 2.45) is 0 Å². The molecule has 1 aromatic carbocycles. The molecule has 0 radical (unpaired) electrons. The van der Waals surface area contributed by atoms with Crippen molar-refractivity contribution < 1.29 is 17.9 Å². The van der Waals surface area contributed by atoms with Gasteiger partial charge in [0.2, 0.25) is 0 Å². The summed E-state index contributed by atoms with van der Waals surface area (Å²) >= 11 is 0. The lowest BCUT2D eigenvalue weighted by molar-refractivity contribution is 0.0256. The van der Waals surface area contributed by atoms with Crippen LogP contribution in [0.5, 0.6) is 0 Å². The number of ether oxygens (including phenoxy) is 1. The Morgan fingerprint density at radius 3 is 2.59 bits per heavy atom. The molecule has 194 valence electrons. The molecule has 4 heterocycles. The van der Waals surface area contributed by atoms with Crippen molar-refractivity contribution in [3.05, 3.63) is 60.8 Å². The highest BCUT2D eigenvalue weighted by atomic mass is 28.3.